The molecule has 2 amide bonds. The molecule has 2 aromatic carbocycles. The summed E-state index contributed by atoms with van der Waals surface area (Å²) in [6.45, 7) is 12.0. The number of hydrogen-bond donors (Lipinski definition) is 2. The molecule has 2 N–H and O–H groups in total. The van der Waals surface area contributed by atoms with Crippen LogP contribution in [0.25, 0.3) is 11.3 Å². The van der Waals surface area contributed by atoms with E-state index in [2.05, 4.69) is 17.2 Å². The molecule has 2 unspecified atom stereocenters. The summed E-state index contributed by atoms with van der Waals surface area (Å²) >= 11 is 0. The van der Waals surface area contributed by atoms with Gasteiger partial charge in [-0.25, -0.2) is 28.3 Å². The summed E-state index contributed by atoms with van der Waals surface area (Å²) in [5, 5.41) is 6.00. The molecule has 1 aliphatic carbocycles. The summed E-state index contributed by atoms with van der Waals surface area (Å²) in [6.07, 6.45) is 4.78. The second kappa shape index (κ2) is 14.9. The van der Waals surface area contributed by atoms with Crippen LogP contribution < -0.4 is 10.6 Å². The summed E-state index contributed by atoms with van der Waals surface area (Å²) in [5.41, 5.74) is 0.475. The molecule has 10 nitrogen and oxygen atoms in total. The first-order chi connectivity index (χ1) is 22.9. The van der Waals surface area contributed by atoms with Crippen LogP contribution in [0.1, 0.15) is 72.0 Å². The van der Waals surface area contributed by atoms with Gasteiger partial charge in [0.25, 0.3) is 0 Å². The minimum Gasteiger partial charge on any atom is -0.446 e. The number of benzene rings is 2. The number of imidazole rings is 1. The predicted octanol–water partition coefficient (Wildman–Crippen LogP) is 7.38. The van der Waals surface area contributed by atoms with Crippen molar-refractivity contribution in [3.8, 4) is 11.3 Å². The zero-order valence-electron chi connectivity index (χ0n) is 28.1. The molecule has 3 aromatic rings. The molecule has 2 aliphatic rings. The first kappa shape index (κ1) is 35.0. The SMILES string of the molecule is C=CCC(C)OO[C@]1(CC)CCCC(OC(=O)NCC(=O)N2CCn3c(nc(-c4ccc(F)cc4)c3Nc3ccc(F)cc3)C2(C)C)C1. The minimum atomic E-state index is -0.872. The number of nitrogens with zero attached hydrogens (tertiary/aromatic N) is 3. The molecule has 1 aromatic heterocycles. The van der Waals surface area contributed by atoms with Crippen LogP contribution in [-0.2, 0) is 31.4 Å². The van der Waals surface area contributed by atoms with Crippen LogP contribution >= 0.6 is 0 Å². The normalized spacial score (nSPS) is 20.8. The van der Waals surface area contributed by atoms with Crippen LogP contribution in [0.4, 0.5) is 25.1 Å². The number of ether oxygens (including phenoxy) is 1. The van der Waals surface area contributed by atoms with Gasteiger partial charge in [-0.3, -0.25) is 4.79 Å². The molecule has 1 fully saturated rings. The molecular formula is C36H45F2N5O5. The summed E-state index contributed by atoms with van der Waals surface area (Å²) in [5.74, 6) is 0.232. The van der Waals surface area contributed by atoms with E-state index in [1.165, 1.54) is 24.3 Å². The van der Waals surface area contributed by atoms with Crippen LogP contribution in [0.5, 0.6) is 0 Å². The Morgan fingerprint density at radius 1 is 1.10 bits per heavy atom. The number of carbonyl (C=O) groups is 2. The van der Waals surface area contributed by atoms with Gasteiger partial charge in [0, 0.05) is 30.8 Å². The first-order valence-corrected chi connectivity index (χ1v) is 16.5. The lowest BCUT2D eigenvalue weighted by Gasteiger charge is -2.42. The van der Waals surface area contributed by atoms with Gasteiger partial charge < -0.3 is 24.8 Å². The molecule has 5 rings (SSSR count). The monoisotopic (exact) mass is 665 g/mol. The van der Waals surface area contributed by atoms with Gasteiger partial charge in [0.05, 0.1) is 11.6 Å². The second-order valence-corrected chi connectivity index (χ2v) is 13.1. The van der Waals surface area contributed by atoms with Crippen molar-refractivity contribution < 1.29 is 32.9 Å². The molecule has 1 saturated carbocycles. The average molecular weight is 666 g/mol. The van der Waals surface area contributed by atoms with Crippen LogP contribution in [0, 0.1) is 11.6 Å². The number of rotatable bonds is 12. The highest BCUT2D eigenvalue weighted by Gasteiger charge is 2.42. The molecular weight excluding hydrogens is 620 g/mol. The molecule has 0 bridgehead atoms. The maximum atomic E-state index is 13.8. The van der Waals surface area contributed by atoms with E-state index in [-0.39, 0.29) is 36.3 Å². The highest BCUT2D eigenvalue weighted by Crippen LogP contribution is 2.40. The number of amides is 2. The van der Waals surface area contributed by atoms with Crippen molar-refractivity contribution in [3.63, 3.8) is 0 Å². The second-order valence-electron chi connectivity index (χ2n) is 13.1. The van der Waals surface area contributed by atoms with Crippen molar-refractivity contribution in [2.24, 2.45) is 0 Å². The summed E-state index contributed by atoms with van der Waals surface area (Å²) in [7, 11) is 0. The quantitative estimate of drug-likeness (QED) is 0.118. The number of nitrogens with one attached hydrogen (secondary N) is 2. The van der Waals surface area contributed by atoms with Gasteiger partial charge in [0.2, 0.25) is 5.91 Å². The first-order valence-electron chi connectivity index (χ1n) is 16.5. The number of hydrogen-bond acceptors (Lipinski definition) is 7. The number of alkyl carbamates (subject to hydrolysis) is 1. The maximum absolute atomic E-state index is 13.8. The standard InChI is InChI=1S/C36H45F2N5O5/c1-6-9-24(3)47-48-36(7-2)19-8-10-29(22-36)46-34(45)39-23-30(44)43-21-20-42-32(40-28-17-15-27(38)16-18-28)31(41-33(42)35(43,4)5)25-11-13-26(37)14-12-25/h6,11-18,24,29,40H,1,7-10,19-23H2,2-5H3,(H,39,45)/t24?,29?,36-/m1/s1. The van der Waals surface area contributed by atoms with E-state index >= 15 is 0 Å². The van der Waals surface area contributed by atoms with Gasteiger partial charge in [0.15, 0.2) is 0 Å². The van der Waals surface area contributed by atoms with E-state index in [0.29, 0.717) is 67.4 Å². The predicted molar refractivity (Wildman–Crippen MR) is 178 cm³/mol. The van der Waals surface area contributed by atoms with E-state index in [1.54, 1.807) is 35.2 Å². The lowest BCUT2D eigenvalue weighted by Crippen LogP contribution is -2.54. The Labute approximate surface area is 280 Å². The summed E-state index contributed by atoms with van der Waals surface area (Å²) in [6, 6.07) is 12.0. The molecule has 48 heavy (non-hydrogen) atoms. The molecule has 1 aliphatic heterocycles. The van der Waals surface area contributed by atoms with Crippen molar-refractivity contribution >= 4 is 23.5 Å². The number of aromatic nitrogens is 2. The van der Waals surface area contributed by atoms with E-state index in [4.69, 9.17) is 19.5 Å². The number of carbonyl (C=O) groups excluding carboxylic acids is 2. The van der Waals surface area contributed by atoms with E-state index in [0.717, 1.165) is 12.8 Å². The van der Waals surface area contributed by atoms with Crippen molar-refractivity contribution in [3.05, 3.63) is 78.6 Å². The van der Waals surface area contributed by atoms with E-state index < -0.39 is 17.2 Å². The minimum absolute atomic E-state index is 0.134. The van der Waals surface area contributed by atoms with Crippen LogP contribution in [0.15, 0.2) is 61.2 Å². The molecule has 2 heterocycles. The fraction of sp³-hybridized carbons (Fsp3) is 0.472. The van der Waals surface area contributed by atoms with Gasteiger partial charge in [-0.15, -0.1) is 6.58 Å². The third kappa shape index (κ3) is 7.87. The Bertz CT molecular complexity index is 1590. The Morgan fingerprint density at radius 3 is 2.46 bits per heavy atom. The molecule has 258 valence electrons. The Hall–Kier alpha value is -4.29. The number of anilines is 2. The van der Waals surface area contributed by atoms with E-state index in [9.17, 15) is 18.4 Å². The van der Waals surface area contributed by atoms with Crippen molar-refractivity contribution in [1.29, 1.82) is 0 Å². The number of fused-ring (bicyclic) bond motifs is 1. The topological polar surface area (TPSA) is 107 Å². The molecule has 0 spiro atoms. The summed E-state index contributed by atoms with van der Waals surface area (Å²) < 4.78 is 35.2. The zero-order chi connectivity index (χ0) is 34.5. The zero-order valence-corrected chi connectivity index (χ0v) is 28.1. The van der Waals surface area contributed by atoms with Crippen molar-refractivity contribution in [1.82, 2.24) is 19.8 Å². The van der Waals surface area contributed by atoms with Crippen LogP contribution in [0.2, 0.25) is 0 Å². The lowest BCUT2D eigenvalue weighted by atomic mass is 9.81. The van der Waals surface area contributed by atoms with E-state index in [1.807, 2.05) is 32.3 Å². The Balaban J connectivity index is 1.26. The Kier molecular flexibility index (Phi) is 10.8. The van der Waals surface area contributed by atoms with Crippen LogP contribution in [0.3, 0.4) is 0 Å². The largest absolute Gasteiger partial charge is 0.446 e. The highest BCUT2D eigenvalue weighted by atomic mass is 19.1. The van der Waals surface area contributed by atoms with Gasteiger partial charge in [-0.05, 0) is 101 Å². The van der Waals surface area contributed by atoms with Crippen molar-refractivity contribution in [2.75, 3.05) is 18.4 Å². The smallest absolute Gasteiger partial charge is 0.407 e. The van der Waals surface area contributed by atoms with Gasteiger partial charge in [-0.1, -0.05) is 13.0 Å². The summed E-state index contributed by atoms with van der Waals surface area (Å²) in [4.78, 5) is 44.6. The lowest BCUT2D eigenvalue weighted by molar-refractivity contribution is -0.390. The molecule has 0 saturated heterocycles. The molecule has 12 heteroatoms. The van der Waals surface area contributed by atoms with Crippen LogP contribution in [-0.4, -0.2) is 57.3 Å². The van der Waals surface area contributed by atoms with Gasteiger partial charge in [0.1, 0.15) is 47.2 Å². The maximum Gasteiger partial charge on any atom is 0.407 e. The fourth-order valence-electron chi connectivity index (χ4n) is 6.50. The van der Waals surface area contributed by atoms with Gasteiger partial charge >= 0.3 is 6.09 Å². The average Bonchev–Trinajstić information content (AvgIpc) is 3.43. The highest BCUT2D eigenvalue weighted by molar-refractivity contribution is 5.83. The molecule has 3 atom stereocenters. The number of halogens is 2. The third-order valence-corrected chi connectivity index (χ3v) is 9.21. The molecule has 0 radical (unpaired) electrons. The fourth-order valence-corrected chi connectivity index (χ4v) is 6.50. The van der Waals surface area contributed by atoms with Crippen molar-refractivity contribution in [2.45, 2.75) is 96.1 Å². The third-order valence-electron chi connectivity index (χ3n) is 9.21. The Morgan fingerprint density at radius 2 is 1.79 bits per heavy atom. The van der Waals surface area contributed by atoms with Gasteiger partial charge in [-0.2, -0.15) is 0 Å².